The summed E-state index contributed by atoms with van der Waals surface area (Å²) >= 11 is 0. The Hall–Kier alpha value is -3.28. The van der Waals surface area contributed by atoms with Gasteiger partial charge in [0.1, 0.15) is 5.58 Å². The Balaban J connectivity index is 1.74. The molecule has 176 valence electrons. The standard InChI is InChI=1S/C28H27F3N2O/c1-16-10-12-20-21-13-11-17(2)32-26(21)34-25(20)24(16)23-14-18(15-27(3,4)28(29,30)31)19-8-6-7-9-22(19)33(23)5/h6-14,22H,15H2,1-5H3. The van der Waals surface area contributed by atoms with E-state index < -0.39 is 11.6 Å². The molecule has 5 rings (SSSR count). The highest BCUT2D eigenvalue weighted by molar-refractivity contribution is 6.07. The first-order valence-corrected chi connectivity index (χ1v) is 11.4. The van der Waals surface area contributed by atoms with Gasteiger partial charge < -0.3 is 9.32 Å². The maximum absolute atomic E-state index is 13.8. The number of hydrogen-bond donors (Lipinski definition) is 0. The molecule has 6 heteroatoms. The predicted molar refractivity (Wildman–Crippen MR) is 130 cm³/mol. The number of allylic oxidation sites excluding steroid dienone is 4. The van der Waals surface area contributed by atoms with Gasteiger partial charge >= 0.3 is 6.18 Å². The van der Waals surface area contributed by atoms with Gasteiger partial charge in [-0.15, -0.1) is 0 Å². The molecule has 3 aromatic rings. The zero-order chi connectivity index (χ0) is 24.4. The van der Waals surface area contributed by atoms with Crippen LogP contribution in [0, 0.1) is 19.3 Å². The van der Waals surface area contributed by atoms with Gasteiger partial charge in [0.15, 0.2) is 0 Å². The summed E-state index contributed by atoms with van der Waals surface area (Å²) in [5, 5.41) is 1.87. The van der Waals surface area contributed by atoms with Gasteiger partial charge in [0.25, 0.3) is 0 Å². The first kappa shape index (κ1) is 22.5. The van der Waals surface area contributed by atoms with Crippen molar-refractivity contribution in [3.63, 3.8) is 0 Å². The summed E-state index contributed by atoms with van der Waals surface area (Å²) in [4.78, 5) is 6.67. The molecule has 0 saturated heterocycles. The van der Waals surface area contributed by atoms with Gasteiger partial charge in [-0.05, 0) is 55.2 Å². The molecule has 0 fully saturated rings. The summed E-state index contributed by atoms with van der Waals surface area (Å²) in [6.07, 6.45) is 5.29. The zero-order valence-electron chi connectivity index (χ0n) is 19.9. The molecule has 1 aliphatic heterocycles. The van der Waals surface area contributed by atoms with E-state index in [1.54, 1.807) is 0 Å². The summed E-state index contributed by atoms with van der Waals surface area (Å²) in [6, 6.07) is 7.87. The number of pyridine rings is 1. The largest absolute Gasteiger partial charge is 0.437 e. The average molecular weight is 465 g/mol. The van der Waals surface area contributed by atoms with Gasteiger partial charge in [0, 0.05) is 34.8 Å². The van der Waals surface area contributed by atoms with Crippen molar-refractivity contribution in [2.45, 2.75) is 46.3 Å². The highest BCUT2D eigenvalue weighted by atomic mass is 19.4. The number of benzene rings is 1. The molecule has 0 radical (unpaired) electrons. The molecule has 0 N–H and O–H groups in total. The van der Waals surface area contributed by atoms with E-state index in [9.17, 15) is 13.2 Å². The minimum Gasteiger partial charge on any atom is -0.437 e. The monoisotopic (exact) mass is 464 g/mol. The summed E-state index contributed by atoms with van der Waals surface area (Å²) in [7, 11) is 1.98. The van der Waals surface area contributed by atoms with Crippen LogP contribution in [0.15, 0.2) is 70.2 Å². The van der Waals surface area contributed by atoms with Crippen molar-refractivity contribution < 1.29 is 17.6 Å². The van der Waals surface area contributed by atoms with Gasteiger partial charge in [0.05, 0.1) is 11.5 Å². The number of nitrogens with zero attached hydrogens (tertiary/aromatic N) is 2. The van der Waals surface area contributed by atoms with E-state index in [4.69, 9.17) is 4.42 Å². The van der Waals surface area contributed by atoms with Crippen LogP contribution in [0.3, 0.4) is 0 Å². The first-order chi connectivity index (χ1) is 16.0. The van der Waals surface area contributed by atoms with Crippen molar-refractivity contribution in [3.8, 4) is 0 Å². The van der Waals surface area contributed by atoms with Crippen LogP contribution in [0.25, 0.3) is 27.8 Å². The average Bonchev–Trinajstić information content (AvgIpc) is 3.12. The lowest BCUT2D eigenvalue weighted by Crippen LogP contribution is -2.37. The van der Waals surface area contributed by atoms with Gasteiger partial charge in [-0.3, -0.25) is 0 Å². The molecular weight excluding hydrogens is 437 g/mol. The van der Waals surface area contributed by atoms with Crippen LogP contribution in [0.2, 0.25) is 0 Å². The third-order valence-corrected chi connectivity index (χ3v) is 6.99. The summed E-state index contributed by atoms with van der Waals surface area (Å²) in [5.74, 6) is 0. The van der Waals surface area contributed by atoms with Crippen molar-refractivity contribution in [1.29, 1.82) is 0 Å². The van der Waals surface area contributed by atoms with Crippen molar-refractivity contribution in [1.82, 2.24) is 9.88 Å². The van der Waals surface area contributed by atoms with Crippen molar-refractivity contribution in [2.75, 3.05) is 7.05 Å². The Morgan fingerprint density at radius 1 is 1.03 bits per heavy atom. The SMILES string of the molecule is Cc1ccc2c(n1)oc1c(C3=CC(CC(C)(C)C(F)(F)F)=C4C=CC=CC4N3C)c(C)ccc12. The van der Waals surface area contributed by atoms with E-state index >= 15 is 0 Å². The van der Waals surface area contributed by atoms with Crippen molar-refractivity contribution in [2.24, 2.45) is 5.41 Å². The Kier molecular flexibility index (Phi) is 5.04. The number of likely N-dealkylation sites (N-methyl/N-ethyl adjacent to an activating group) is 1. The Labute approximate surface area is 196 Å². The topological polar surface area (TPSA) is 29.3 Å². The molecule has 0 bridgehead atoms. The number of rotatable bonds is 3. The maximum atomic E-state index is 13.8. The number of furan rings is 1. The number of halogens is 3. The molecule has 0 saturated carbocycles. The minimum absolute atomic E-state index is 0.103. The van der Waals surface area contributed by atoms with Gasteiger partial charge in [-0.1, -0.05) is 50.3 Å². The van der Waals surface area contributed by atoms with E-state index in [1.165, 1.54) is 13.8 Å². The molecule has 1 aliphatic carbocycles. The molecule has 1 aromatic carbocycles. The third kappa shape index (κ3) is 3.47. The van der Waals surface area contributed by atoms with E-state index in [2.05, 4.69) is 9.88 Å². The van der Waals surface area contributed by atoms with Crippen LogP contribution in [0.4, 0.5) is 13.2 Å². The summed E-state index contributed by atoms with van der Waals surface area (Å²) in [5.41, 5.74) is 4.61. The lowest BCUT2D eigenvalue weighted by molar-refractivity contribution is -0.210. The molecule has 0 amide bonds. The van der Waals surface area contributed by atoms with Crippen molar-refractivity contribution in [3.05, 3.63) is 82.6 Å². The summed E-state index contributed by atoms with van der Waals surface area (Å²) < 4.78 is 47.7. The lowest BCUT2D eigenvalue weighted by Gasteiger charge is -2.39. The molecule has 2 aromatic heterocycles. The van der Waals surface area contributed by atoms with Crippen LogP contribution >= 0.6 is 0 Å². The molecule has 2 aliphatic rings. The molecule has 3 heterocycles. The second-order valence-corrected chi connectivity index (χ2v) is 9.91. The van der Waals surface area contributed by atoms with Gasteiger partial charge in [-0.2, -0.15) is 13.2 Å². The molecule has 1 unspecified atom stereocenters. The van der Waals surface area contributed by atoms with E-state index in [0.717, 1.165) is 38.9 Å². The molecule has 0 spiro atoms. The third-order valence-electron chi connectivity index (χ3n) is 6.99. The predicted octanol–water partition coefficient (Wildman–Crippen LogP) is 7.65. The van der Waals surface area contributed by atoms with E-state index in [0.29, 0.717) is 16.9 Å². The fourth-order valence-electron chi connectivity index (χ4n) is 4.87. The molecular formula is C28H27F3N2O. The number of aromatic nitrogens is 1. The number of alkyl halides is 3. The quantitative estimate of drug-likeness (QED) is 0.399. The van der Waals surface area contributed by atoms with Gasteiger partial charge in [0.2, 0.25) is 5.71 Å². The Bertz CT molecular complexity index is 1430. The second kappa shape index (κ2) is 7.62. The minimum atomic E-state index is -4.31. The smallest absolute Gasteiger partial charge is 0.394 e. The molecule has 3 nitrogen and oxygen atoms in total. The van der Waals surface area contributed by atoms with Crippen LogP contribution in [-0.4, -0.2) is 29.1 Å². The second-order valence-electron chi connectivity index (χ2n) is 9.91. The number of hydrogen-bond acceptors (Lipinski definition) is 3. The first-order valence-electron chi connectivity index (χ1n) is 11.4. The maximum Gasteiger partial charge on any atom is 0.394 e. The lowest BCUT2D eigenvalue weighted by atomic mass is 9.79. The fourth-order valence-corrected chi connectivity index (χ4v) is 4.87. The highest BCUT2D eigenvalue weighted by Gasteiger charge is 2.48. The molecule has 1 atom stereocenters. The Morgan fingerprint density at radius 2 is 1.76 bits per heavy atom. The van der Waals surface area contributed by atoms with E-state index in [-0.39, 0.29) is 12.5 Å². The number of aryl methyl sites for hydroxylation is 2. The Morgan fingerprint density at radius 3 is 2.50 bits per heavy atom. The summed E-state index contributed by atoms with van der Waals surface area (Å²) in [6.45, 7) is 6.46. The zero-order valence-corrected chi connectivity index (χ0v) is 19.9. The normalized spacial score (nSPS) is 18.8. The van der Waals surface area contributed by atoms with Crippen LogP contribution in [-0.2, 0) is 0 Å². The van der Waals surface area contributed by atoms with Crippen LogP contribution in [0.5, 0.6) is 0 Å². The van der Waals surface area contributed by atoms with Crippen molar-refractivity contribution >= 4 is 27.8 Å². The van der Waals surface area contributed by atoms with Gasteiger partial charge in [-0.25, -0.2) is 4.98 Å². The molecule has 34 heavy (non-hydrogen) atoms. The highest BCUT2D eigenvalue weighted by Crippen LogP contribution is 2.47. The fraction of sp³-hybridized carbons (Fsp3) is 0.321. The van der Waals surface area contributed by atoms with E-state index in [1.807, 2.05) is 75.5 Å². The van der Waals surface area contributed by atoms with Crippen LogP contribution in [0.1, 0.15) is 37.1 Å². The van der Waals surface area contributed by atoms with Crippen LogP contribution < -0.4 is 0 Å². The number of fused-ring (bicyclic) bond motifs is 4.